The summed E-state index contributed by atoms with van der Waals surface area (Å²) < 4.78 is 2.03. The molecule has 0 aliphatic carbocycles. The molecule has 102 valence electrons. The molecule has 4 rings (SSSR count). The van der Waals surface area contributed by atoms with Crippen LogP contribution in [0, 0.1) is 0 Å². The molecular formula is C15H17N5. The van der Waals surface area contributed by atoms with Crippen LogP contribution in [-0.4, -0.2) is 26.1 Å². The standard InChI is InChI=1S/C15H17N5/c1-20-9-18-12-7-10(4-5-14(12)20)13-8-17-15(19-13)11-3-2-6-16-11/h4-5,7-9,11,16H,2-3,6H2,1H3,(H,17,19). The van der Waals surface area contributed by atoms with Gasteiger partial charge in [0.1, 0.15) is 5.82 Å². The van der Waals surface area contributed by atoms with Gasteiger partial charge in [0.15, 0.2) is 0 Å². The van der Waals surface area contributed by atoms with E-state index in [1.165, 1.54) is 6.42 Å². The molecule has 0 saturated carbocycles. The van der Waals surface area contributed by atoms with Crippen molar-refractivity contribution in [2.24, 2.45) is 7.05 Å². The molecule has 3 aromatic rings. The number of H-pyrrole nitrogens is 1. The average molecular weight is 267 g/mol. The summed E-state index contributed by atoms with van der Waals surface area (Å²) in [6.45, 7) is 1.08. The minimum atomic E-state index is 0.377. The quantitative estimate of drug-likeness (QED) is 0.749. The predicted molar refractivity (Wildman–Crippen MR) is 78.3 cm³/mol. The Hall–Kier alpha value is -2.14. The van der Waals surface area contributed by atoms with E-state index in [0.29, 0.717) is 6.04 Å². The van der Waals surface area contributed by atoms with E-state index in [4.69, 9.17) is 0 Å². The lowest BCUT2D eigenvalue weighted by Crippen LogP contribution is -2.14. The fourth-order valence-corrected chi connectivity index (χ4v) is 2.88. The Morgan fingerprint density at radius 3 is 3.10 bits per heavy atom. The number of rotatable bonds is 2. The molecule has 1 fully saturated rings. The van der Waals surface area contributed by atoms with Crippen LogP contribution in [0.25, 0.3) is 22.3 Å². The third kappa shape index (κ3) is 1.82. The van der Waals surface area contributed by atoms with E-state index in [-0.39, 0.29) is 0 Å². The van der Waals surface area contributed by atoms with Gasteiger partial charge >= 0.3 is 0 Å². The third-order valence-corrected chi connectivity index (χ3v) is 4.02. The number of benzene rings is 1. The molecule has 2 N–H and O–H groups in total. The van der Waals surface area contributed by atoms with Crippen LogP contribution in [0.4, 0.5) is 0 Å². The molecule has 1 aliphatic heterocycles. The van der Waals surface area contributed by atoms with Gasteiger partial charge in [-0.05, 0) is 31.5 Å². The zero-order valence-corrected chi connectivity index (χ0v) is 11.4. The van der Waals surface area contributed by atoms with Gasteiger partial charge in [-0.15, -0.1) is 0 Å². The van der Waals surface area contributed by atoms with Gasteiger partial charge in [-0.25, -0.2) is 9.97 Å². The highest BCUT2D eigenvalue weighted by atomic mass is 15.0. The van der Waals surface area contributed by atoms with Crippen molar-refractivity contribution in [1.82, 2.24) is 24.8 Å². The number of aromatic amines is 1. The Kier molecular flexibility index (Phi) is 2.60. The van der Waals surface area contributed by atoms with E-state index in [9.17, 15) is 0 Å². The van der Waals surface area contributed by atoms with E-state index >= 15 is 0 Å². The molecule has 3 heterocycles. The highest BCUT2D eigenvalue weighted by molar-refractivity contribution is 5.81. The van der Waals surface area contributed by atoms with Crippen molar-refractivity contribution in [3.8, 4) is 11.3 Å². The van der Waals surface area contributed by atoms with Crippen molar-refractivity contribution >= 4 is 11.0 Å². The summed E-state index contributed by atoms with van der Waals surface area (Å²) in [7, 11) is 2.01. The minimum absolute atomic E-state index is 0.377. The van der Waals surface area contributed by atoms with Crippen LogP contribution >= 0.6 is 0 Å². The molecule has 0 bridgehead atoms. The van der Waals surface area contributed by atoms with Crippen molar-refractivity contribution in [2.45, 2.75) is 18.9 Å². The topological polar surface area (TPSA) is 58.5 Å². The van der Waals surface area contributed by atoms with E-state index < -0.39 is 0 Å². The Morgan fingerprint density at radius 1 is 1.30 bits per heavy atom. The van der Waals surface area contributed by atoms with Crippen LogP contribution in [0.2, 0.25) is 0 Å². The summed E-state index contributed by atoms with van der Waals surface area (Å²) in [6.07, 6.45) is 6.14. The van der Waals surface area contributed by atoms with E-state index in [2.05, 4.69) is 38.5 Å². The van der Waals surface area contributed by atoms with Crippen LogP contribution in [0.1, 0.15) is 24.7 Å². The van der Waals surface area contributed by atoms with E-state index in [1.54, 1.807) is 0 Å². The number of hydrogen-bond donors (Lipinski definition) is 2. The smallest absolute Gasteiger partial charge is 0.123 e. The fourth-order valence-electron chi connectivity index (χ4n) is 2.88. The van der Waals surface area contributed by atoms with Gasteiger partial charge in [-0.1, -0.05) is 6.07 Å². The molecule has 0 radical (unpaired) electrons. The first-order valence-corrected chi connectivity index (χ1v) is 7.01. The molecular weight excluding hydrogens is 250 g/mol. The van der Waals surface area contributed by atoms with Crippen molar-refractivity contribution < 1.29 is 0 Å². The Bertz CT molecular complexity index is 749. The molecule has 1 atom stereocenters. The molecule has 5 heteroatoms. The number of aryl methyl sites for hydroxylation is 1. The average Bonchev–Trinajstić information content (AvgIpc) is 3.18. The largest absolute Gasteiger partial charge is 0.341 e. The normalized spacial score (nSPS) is 18.9. The number of nitrogens with one attached hydrogen (secondary N) is 2. The summed E-state index contributed by atoms with van der Waals surface area (Å²) in [5.74, 6) is 1.04. The van der Waals surface area contributed by atoms with Gasteiger partial charge in [0.25, 0.3) is 0 Å². The molecule has 1 unspecified atom stereocenters. The molecule has 1 saturated heterocycles. The van der Waals surface area contributed by atoms with E-state index in [0.717, 1.165) is 41.1 Å². The number of fused-ring (bicyclic) bond motifs is 1. The summed E-state index contributed by atoms with van der Waals surface area (Å²) in [4.78, 5) is 12.4. The van der Waals surface area contributed by atoms with Crippen molar-refractivity contribution in [3.63, 3.8) is 0 Å². The summed E-state index contributed by atoms with van der Waals surface area (Å²) in [5, 5.41) is 3.46. The van der Waals surface area contributed by atoms with Crippen LogP contribution < -0.4 is 5.32 Å². The van der Waals surface area contributed by atoms with Crippen LogP contribution in [0.3, 0.4) is 0 Å². The van der Waals surface area contributed by atoms with Crippen LogP contribution in [-0.2, 0) is 7.05 Å². The number of hydrogen-bond acceptors (Lipinski definition) is 3. The Morgan fingerprint density at radius 2 is 2.25 bits per heavy atom. The second-order valence-electron chi connectivity index (χ2n) is 5.39. The van der Waals surface area contributed by atoms with Crippen LogP contribution in [0.15, 0.2) is 30.7 Å². The van der Waals surface area contributed by atoms with Crippen LogP contribution in [0.5, 0.6) is 0 Å². The fraction of sp³-hybridized carbons (Fsp3) is 0.333. The SMILES string of the molecule is Cn1cnc2cc(-c3cnc(C4CCCN4)[nH]3)ccc21. The molecule has 0 amide bonds. The first-order valence-electron chi connectivity index (χ1n) is 7.01. The minimum Gasteiger partial charge on any atom is -0.341 e. The third-order valence-electron chi connectivity index (χ3n) is 4.02. The zero-order valence-electron chi connectivity index (χ0n) is 11.4. The van der Waals surface area contributed by atoms with Crippen molar-refractivity contribution in [2.75, 3.05) is 6.54 Å². The Balaban J connectivity index is 1.71. The monoisotopic (exact) mass is 267 g/mol. The number of aromatic nitrogens is 4. The molecule has 20 heavy (non-hydrogen) atoms. The lowest BCUT2D eigenvalue weighted by Gasteiger charge is -2.05. The van der Waals surface area contributed by atoms with Gasteiger partial charge in [-0.3, -0.25) is 0 Å². The lowest BCUT2D eigenvalue weighted by atomic mass is 10.1. The maximum Gasteiger partial charge on any atom is 0.123 e. The van der Waals surface area contributed by atoms with Crippen molar-refractivity contribution in [3.05, 3.63) is 36.5 Å². The van der Waals surface area contributed by atoms with Gasteiger partial charge in [0.2, 0.25) is 0 Å². The molecule has 1 aliphatic rings. The van der Waals surface area contributed by atoms with Gasteiger partial charge in [0.05, 0.1) is 35.3 Å². The highest BCUT2D eigenvalue weighted by Crippen LogP contribution is 2.25. The second-order valence-corrected chi connectivity index (χ2v) is 5.39. The summed E-state index contributed by atoms with van der Waals surface area (Å²) in [6, 6.07) is 6.70. The first kappa shape index (κ1) is 11.7. The first-order chi connectivity index (χ1) is 9.81. The maximum atomic E-state index is 4.52. The summed E-state index contributed by atoms with van der Waals surface area (Å²) >= 11 is 0. The van der Waals surface area contributed by atoms with Gasteiger partial charge in [0, 0.05) is 12.6 Å². The predicted octanol–water partition coefficient (Wildman–Crippen LogP) is 2.39. The van der Waals surface area contributed by atoms with Gasteiger partial charge < -0.3 is 14.9 Å². The highest BCUT2D eigenvalue weighted by Gasteiger charge is 2.19. The molecule has 5 nitrogen and oxygen atoms in total. The molecule has 1 aromatic carbocycles. The Labute approximate surface area is 117 Å². The second kappa shape index (κ2) is 4.45. The molecule has 0 spiro atoms. The maximum absolute atomic E-state index is 4.52. The number of imidazole rings is 2. The summed E-state index contributed by atoms with van der Waals surface area (Å²) in [5.41, 5.74) is 4.35. The number of nitrogens with zero attached hydrogens (tertiary/aromatic N) is 3. The van der Waals surface area contributed by atoms with Crippen molar-refractivity contribution in [1.29, 1.82) is 0 Å². The molecule has 2 aromatic heterocycles. The van der Waals surface area contributed by atoms with E-state index in [1.807, 2.05) is 24.1 Å². The lowest BCUT2D eigenvalue weighted by molar-refractivity contribution is 0.613. The van der Waals surface area contributed by atoms with Gasteiger partial charge in [-0.2, -0.15) is 0 Å². The zero-order chi connectivity index (χ0) is 13.5.